The molecule has 0 heterocycles. The Hall–Kier alpha value is -2.34. The highest BCUT2D eigenvalue weighted by atomic mass is 19.1. The molecule has 2 aromatic rings. The third-order valence-electron chi connectivity index (χ3n) is 2.16. The Morgan fingerprint density at radius 2 is 1.53 bits per heavy atom. The summed E-state index contributed by atoms with van der Waals surface area (Å²) in [5, 5.41) is 0. The monoisotopic (exact) mass is 229 g/mol. The predicted molar refractivity (Wildman–Crippen MR) is 63.2 cm³/mol. The lowest BCUT2D eigenvalue weighted by Crippen LogP contribution is -1.89. The molecule has 84 valence electrons. The van der Waals surface area contributed by atoms with E-state index in [1.165, 1.54) is 12.1 Å². The van der Waals surface area contributed by atoms with Gasteiger partial charge in [0.15, 0.2) is 0 Å². The smallest absolute Gasteiger partial charge is 0.127 e. The van der Waals surface area contributed by atoms with E-state index >= 15 is 0 Å². The first-order valence-electron chi connectivity index (χ1n) is 4.98. The van der Waals surface area contributed by atoms with Crippen LogP contribution in [0.1, 0.15) is 11.1 Å². The third-order valence-corrected chi connectivity index (χ3v) is 2.16. The molecular weight excluding hydrogens is 220 g/mol. The molecule has 2 N–H and O–H groups in total. The normalized spacial score (nSPS) is 9.53. The highest BCUT2D eigenvalue weighted by Gasteiger charge is 1.98. The Morgan fingerprint density at radius 1 is 0.882 bits per heavy atom. The van der Waals surface area contributed by atoms with Crippen LogP contribution in [-0.4, -0.2) is 0 Å². The number of hydrogen-bond acceptors (Lipinski definition) is 1. The fourth-order valence-corrected chi connectivity index (χ4v) is 1.38. The average molecular weight is 229 g/mol. The minimum atomic E-state index is -0.643. The molecule has 0 amide bonds. The fourth-order valence-electron chi connectivity index (χ4n) is 1.38. The number of hydrogen-bond donors (Lipinski definition) is 1. The van der Waals surface area contributed by atoms with Crippen molar-refractivity contribution in [2.75, 3.05) is 5.73 Å². The van der Waals surface area contributed by atoms with Crippen LogP contribution < -0.4 is 5.73 Å². The number of para-hydroxylation sites is 1. The third kappa shape index (κ3) is 2.82. The summed E-state index contributed by atoms with van der Waals surface area (Å²) in [7, 11) is 0. The van der Waals surface area contributed by atoms with Gasteiger partial charge in [-0.05, 0) is 24.3 Å². The maximum atomic E-state index is 12.9. The van der Waals surface area contributed by atoms with Gasteiger partial charge >= 0.3 is 0 Å². The van der Waals surface area contributed by atoms with Crippen LogP contribution in [0.15, 0.2) is 42.5 Å². The van der Waals surface area contributed by atoms with Crippen molar-refractivity contribution in [2.45, 2.75) is 0 Å². The van der Waals surface area contributed by atoms with Crippen molar-refractivity contribution < 1.29 is 8.78 Å². The van der Waals surface area contributed by atoms with Crippen LogP contribution in [0.3, 0.4) is 0 Å². The average Bonchev–Trinajstić information content (AvgIpc) is 2.27. The lowest BCUT2D eigenvalue weighted by atomic mass is 10.1. The first-order valence-corrected chi connectivity index (χ1v) is 4.98. The van der Waals surface area contributed by atoms with E-state index in [4.69, 9.17) is 5.73 Å². The molecule has 1 nitrogen and oxygen atoms in total. The van der Waals surface area contributed by atoms with Crippen LogP contribution in [0.25, 0.3) is 0 Å². The molecule has 17 heavy (non-hydrogen) atoms. The SMILES string of the molecule is Nc1ccccc1C#Cc1cc(F)cc(F)c1. The standard InChI is InChI=1S/C14H9F2N/c15-12-7-10(8-13(16)9-12)5-6-11-3-1-2-4-14(11)17/h1-4,7-9H,17H2. The summed E-state index contributed by atoms with van der Waals surface area (Å²) in [6.07, 6.45) is 0. The molecule has 0 aromatic heterocycles. The van der Waals surface area contributed by atoms with Gasteiger partial charge in [0, 0.05) is 22.9 Å². The van der Waals surface area contributed by atoms with Gasteiger partial charge in [-0.1, -0.05) is 24.0 Å². The van der Waals surface area contributed by atoms with E-state index in [1.54, 1.807) is 24.3 Å². The second-order valence-electron chi connectivity index (χ2n) is 3.50. The van der Waals surface area contributed by atoms with Crippen molar-refractivity contribution in [1.82, 2.24) is 0 Å². The van der Waals surface area contributed by atoms with Crippen molar-refractivity contribution in [3.63, 3.8) is 0 Å². The summed E-state index contributed by atoms with van der Waals surface area (Å²) in [5.74, 6) is 4.16. The maximum Gasteiger partial charge on any atom is 0.127 e. The van der Waals surface area contributed by atoms with E-state index in [1.807, 2.05) is 0 Å². The van der Waals surface area contributed by atoms with Crippen LogP contribution in [-0.2, 0) is 0 Å². The molecule has 0 aliphatic heterocycles. The van der Waals surface area contributed by atoms with Gasteiger partial charge in [0.25, 0.3) is 0 Å². The molecule has 3 heteroatoms. The molecule has 0 bridgehead atoms. The number of rotatable bonds is 0. The zero-order valence-electron chi connectivity index (χ0n) is 8.87. The Morgan fingerprint density at radius 3 is 2.18 bits per heavy atom. The minimum absolute atomic E-state index is 0.283. The van der Waals surface area contributed by atoms with Gasteiger partial charge in [0.2, 0.25) is 0 Å². The van der Waals surface area contributed by atoms with Crippen LogP contribution in [0.4, 0.5) is 14.5 Å². The second kappa shape index (κ2) is 4.67. The van der Waals surface area contributed by atoms with Crippen molar-refractivity contribution in [3.05, 3.63) is 65.2 Å². The van der Waals surface area contributed by atoms with Crippen LogP contribution >= 0.6 is 0 Å². The summed E-state index contributed by atoms with van der Waals surface area (Å²) >= 11 is 0. The molecular formula is C14H9F2N. The first kappa shape index (κ1) is 11.2. The lowest BCUT2D eigenvalue weighted by molar-refractivity contribution is 0.582. The topological polar surface area (TPSA) is 26.0 Å². The van der Waals surface area contributed by atoms with Crippen LogP contribution in [0, 0.1) is 23.5 Å². The van der Waals surface area contributed by atoms with Gasteiger partial charge in [-0.15, -0.1) is 0 Å². The molecule has 2 rings (SSSR count). The van der Waals surface area contributed by atoms with E-state index < -0.39 is 11.6 Å². The van der Waals surface area contributed by atoms with E-state index in [2.05, 4.69) is 11.8 Å². The summed E-state index contributed by atoms with van der Waals surface area (Å²) in [4.78, 5) is 0. The number of nitrogens with two attached hydrogens (primary N) is 1. The van der Waals surface area contributed by atoms with Crippen molar-refractivity contribution in [2.24, 2.45) is 0 Å². The van der Waals surface area contributed by atoms with Crippen LogP contribution in [0.5, 0.6) is 0 Å². The molecule has 0 saturated heterocycles. The number of anilines is 1. The Balaban J connectivity index is 2.36. The van der Waals surface area contributed by atoms with E-state index in [0.29, 0.717) is 11.3 Å². The number of halogens is 2. The highest BCUT2D eigenvalue weighted by Crippen LogP contribution is 2.10. The molecule has 0 unspecified atom stereocenters. The second-order valence-corrected chi connectivity index (χ2v) is 3.50. The lowest BCUT2D eigenvalue weighted by Gasteiger charge is -1.96. The summed E-state index contributed by atoms with van der Waals surface area (Å²) < 4.78 is 25.8. The Bertz CT molecular complexity index is 589. The minimum Gasteiger partial charge on any atom is -0.398 e. The van der Waals surface area contributed by atoms with Gasteiger partial charge < -0.3 is 5.73 Å². The quantitative estimate of drug-likeness (QED) is 0.545. The molecule has 0 radical (unpaired) electrons. The van der Waals surface area contributed by atoms with E-state index in [-0.39, 0.29) is 5.56 Å². The molecule has 0 aliphatic carbocycles. The van der Waals surface area contributed by atoms with Crippen molar-refractivity contribution in [3.8, 4) is 11.8 Å². The van der Waals surface area contributed by atoms with Gasteiger partial charge in [0.1, 0.15) is 11.6 Å². The maximum absolute atomic E-state index is 12.9. The summed E-state index contributed by atoms with van der Waals surface area (Å²) in [6.45, 7) is 0. The van der Waals surface area contributed by atoms with Gasteiger partial charge in [-0.25, -0.2) is 8.78 Å². The van der Waals surface area contributed by atoms with Gasteiger partial charge in [-0.3, -0.25) is 0 Å². The van der Waals surface area contributed by atoms with Crippen molar-refractivity contribution in [1.29, 1.82) is 0 Å². The highest BCUT2D eigenvalue weighted by molar-refractivity contribution is 5.57. The van der Waals surface area contributed by atoms with Crippen LogP contribution in [0.2, 0.25) is 0 Å². The van der Waals surface area contributed by atoms with E-state index in [0.717, 1.165) is 6.07 Å². The zero-order valence-corrected chi connectivity index (χ0v) is 8.87. The van der Waals surface area contributed by atoms with Crippen molar-refractivity contribution >= 4 is 5.69 Å². The van der Waals surface area contributed by atoms with E-state index in [9.17, 15) is 8.78 Å². The molecule has 2 aromatic carbocycles. The summed E-state index contributed by atoms with van der Waals surface area (Å²) in [6, 6.07) is 10.2. The number of benzene rings is 2. The molecule has 0 atom stereocenters. The molecule has 0 fully saturated rings. The number of nitrogen functional groups attached to an aromatic ring is 1. The largest absolute Gasteiger partial charge is 0.398 e. The van der Waals surface area contributed by atoms with Gasteiger partial charge in [-0.2, -0.15) is 0 Å². The molecule has 0 spiro atoms. The van der Waals surface area contributed by atoms with Gasteiger partial charge in [0.05, 0.1) is 0 Å². The fraction of sp³-hybridized carbons (Fsp3) is 0. The Kier molecular flexibility index (Phi) is 3.06. The molecule has 0 aliphatic rings. The summed E-state index contributed by atoms with van der Waals surface area (Å²) in [5.41, 5.74) is 7.15. The molecule has 0 saturated carbocycles. The predicted octanol–water partition coefficient (Wildman–Crippen LogP) is 2.95. The first-order chi connectivity index (χ1) is 8.15. The Labute approximate surface area is 97.9 Å². The zero-order chi connectivity index (χ0) is 12.3.